The van der Waals surface area contributed by atoms with E-state index < -0.39 is 0 Å². The zero-order valence-corrected chi connectivity index (χ0v) is 11.3. The first kappa shape index (κ1) is 12.6. The molecule has 0 radical (unpaired) electrons. The van der Waals surface area contributed by atoms with Gasteiger partial charge in [-0.3, -0.25) is 0 Å². The summed E-state index contributed by atoms with van der Waals surface area (Å²) >= 11 is 6.20. The topological polar surface area (TPSA) is 55.6 Å². The molecule has 5 nitrogen and oxygen atoms in total. The van der Waals surface area contributed by atoms with Crippen LogP contribution < -0.4 is 5.32 Å². The first-order valence-corrected chi connectivity index (χ1v) is 6.51. The highest BCUT2D eigenvalue weighted by atomic mass is 35.5. The standard InChI is InChI=1S/C14H12ClN5/c15-13-7-6-12(20-10-17-18-19-20)8-14(13)16-9-11-4-2-1-3-5-11/h1-8,10,16H,9H2. The fourth-order valence-electron chi connectivity index (χ4n) is 1.86. The maximum atomic E-state index is 6.20. The third-order valence-electron chi connectivity index (χ3n) is 2.89. The van der Waals surface area contributed by atoms with Gasteiger partial charge in [-0.1, -0.05) is 41.9 Å². The van der Waals surface area contributed by atoms with Gasteiger partial charge < -0.3 is 5.32 Å². The zero-order chi connectivity index (χ0) is 13.8. The third-order valence-corrected chi connectivity index (χ3v) is 3.22. The van der Waals surface area contributed by atoms with Crippen LogP contribution in [0.15, 0.2) is 54.9 Å². The number of hydrogen-bond acceptors (Lipinski definition) is 4. The number of nitrogens with zero attached hydrogens (tertiary/aromatic N) is 4. The van der Waals surface area contributed by atoms with Crippen LogP contribution >= 0.6 is 11.6 Å². The van der Waals surface area contributed by atoms with Crippen molar-refractivity contribution in [2.45, 2.75) is 6.54 Å². The highest BCUT2D eigenvalue weighted by Gasteiger charge is 2.04. The maximum absolute atomic E-state index is 6.20. The molecule has 0 aliphatic heterocycles. The van der Waals surface area contributed by atoms with Gasteiger partial charge >= 0.3 is 0 Å². The van der Waals surface area contributed by atoms with Crippen molar-refractivity contribution in [3.05, 3.63) is 65.4 Å². The van der Waals surface area contributed by atoms with Gasteiger partial charge in [0.15, 0.2) is 0 Å². The van der Waals surface area contributed by atoms with Crippen LogP contribution in [0.5, 0.6) is 0 Å². The molecule has 2 aromatic carbocycles. The lowest BCUT2D eigenvalue weighted by Crippen LogP contribution is -2.02. The number of hydrogen-bond donors (Lipinski definition) is 1. The number of halogens is 1. The maximum Gasteiger partial charge on any atom is 0.143 e. The van der Waals surface area contributed by atoms with E-state index in [1.807, 2.05) is 36.4 Å². The molecule has 0 atom stereocenters. The number of tetrazole rings is 1. The first-order chi connectivity index (χ1) is 9.83. The molecule has 0 bridgehead atoms. The van der Waals surface area contributed by atoms with Crippen molar-refractivity contribution < 1.29 is 0 Å². The number of aromatic nitrogens is 4. The Labute approximate surface area is 121 Å². The predicted molar refractivity (Wildman–Crippen MR) is 77.9 cm³/mol. The van der Waals surface area contributed by atoms with Crippen LogP contribution in [0.2, 0.25) is 5.02 Å². The molecule has 3 aromatic rings. The molecule has 0 aliphatic carbocycles. The quantitative estimate of drug-likeness (QED) is 0.801. The molecule has 100 valence electrons. The van der Waals surface area contributed by atoms with E-state index in [0.717, 1.165) is 11.4 Å². The van der Waals surface area contributed by atoms with E-state index in [1.54, 1.807) is 11.0 Å². The second kappa shape index (κ2) is 5.71. The third kappa shape index (κ3) is 2.78. The summed E-state index contributed by atoms with van der Waals surface area (Å²) in [6.45, 7) is 0.708. The Morgan fingerprint density at radius 3 is 2.70 bits per heavy atom. The minimum Gasteiger partial charge on any atom is -0.380 e. The van der Waals surface area contributed by atoms with Gasteiger partial charge in [0.25, 0.3) is 0 Å². The van der Waals surface area contributed by atoms with Crippen molar-refractivity contribution in [2.75, 3.05) is 5.32 Å². The average molecular weight is 286 g/mol. The van der Waals surface area contributed by atoms with Gasteiger partial charge in [0, 0.05) is 6.54 Å². The fraction of sp³-hybridized carbons (Fsp3) is 0.0714. The molecular weight excluding hydrogens is 274 g/mol. The summed E-state index contributed by atoms with van der Waals surface area (Å²) in [6, 6.07) is 15.7. The van der Waals surface area contributed by atoms with E-state index >= 15 is 0 Å². The van der Waals surface area contributed by atoms with Crippen molar-refractivity contribution in [1.82, 2.24) is 20.2 Å². The lowest BCUT2D eigenvalue weighted by Gasteiger charge is -2.10. The van der Waals surface area contributed by atoms with Crippen molar-refractivity contribution in [3.8, 4) is 5.69 Å². The summed E-state index contributed by atoms with van der Waals surface area (Å²) in [6.07, 6.45) is 1.55. The van der Waals surface area contributed by atoms with E-state index in [2.05, 4.69) is 33.0 Å². The highest BCUT2D eigenvalue weighted by Crippen LogP contribution is 2.24. The summed E-state index contributed by atoms with van der Waals surface area (Å²) in [5, 5.41) is 15.1. The van der Waals surface area contributed by atoms with Crippen LogP contribution in [0.25, 0.3) is 5.69 Å². The van der Waals surface area contributed by atoms with Gasteiger partial charge in [0.2, 0.25) is 0 Å². The van der Waals surface area contributed by atoms with Gasteiger partial charge in [-0.05, 0) is 34.2 Å². The Bertz CT molecular complexity index is 682. The monoisotopic (exact) mass is 285 g/mol. The molecule has 6 heteroatoms. The van der Waals surface area contributed by atoms with Crippen molar-refractivity contribution in [2.24, 2.45) is 0 Å². The van der Waals surface area contributed by atoms with E-state index in [4.69, 9.17) is 11.6 Å². The number of anilines is 1. The zero-order valence-electron chi connectivity index (χ0n) is 10.6. The van der Waals surface area contributed by atoms with Gasteiger partial charge in [-0.15, -0.1) is 5.10 Å². The number of rotatable bonds is 4. The molecule has 20 heavy (non-hydrogen) atoms. The largest absolute Gasteiger partial charge is 0.380 e. The molecule has 0 saturated carbocycles. The fourth-order valence-corrected chi connectivity index (χ4v) is 2.05. The Hall–Kier alpha value is -2.40. The van der Waals surface area contributed by atoms with Crippen LogP contribution in [-0.2, 0) is 6.54 Å². The summed E-state index contributed by atoms with van der Waals surface area (Å²) in [7, 11) is 0. The minimum absolute atomic E-state index is 0.665. The Morgan fingerprint density at radius 2 is 1.95 bits per heavy atom. The van der Waals surface area contributed by atoms with Crippen LogP contribution in [0.4, 0.5) is 5.69 Å². The van der Waals surface area contributed by atoms with Crippen molar-refractivity contribution in [1.29, 1.82) is 0 Å². The van der Waals surface area contributed by atoms with Crippen LogP contribution in [0.3, 0.4) is 0 Å². The van der Waals surface area contributed by atoms with E-state index in [9.17, 15) is 0 Å². The minimum atomic E-state index is 0.665. The predicted octanol–water partition coefficient (Wildman–Crippen LogP) is 2.93. The normalized spacial score (nSPS) is 10.4. The van der Waals surface area contributed by atoms with Crippen LogP contribution in [0.1, 0.15) is 5.56 Å². The Morgan fingerprint density at radius 1 is 1.10 bits per heavy atom. The lowest BCUT2D eigenvalue weighted by molar-refractivity contribution is 0.789. The van der Waals surface area contributed by atoms with Gasteiger partial charge in [0.05, 0.1) is 16.4 Å². The van der Waals surface area contributed by atoms with Gasteiger partial charge in [-0.2, -0.15) is 0 Å². The molecule has 0 amide bonds. The van der Waals surface area contributed by atoms with E-state index in [-0.39, 0.29) is 0 Å². The lowest BCUT2D eigenvalue weighted by atomic mass is 10.2. The molecule has 0 aliphatic rings. The smallest absolute Gasteiger partial charge is 0.143 e. The number of benzene rings is 2. The summed E-state index contributed by atoms with van der Waals surface area (Å²) in [5.74, 6) is 0. The molecule has 0 spiro atoms. The second-order valence-electron chi connectivity index (χ2n) is 4.26. The summed E-state index contributed by atoms with van der Waals surface area (Å²) < 4.78 is 1.59. The van der Waals surface area contributed by atoms with E-state index in [0.29, 0.717) is 11.6 Å². The molecule has 1 aromatic heterocycles. The highest BCUT2D eigenvalue weighted by molar-refractivity contribution is 6.33. The molecule has 0 saturated heterocycles. The molecule has 3 rings (SSSR count). The SMILES string of the molecule is Clc1ccc(-n2cnnn2)cc1NCc1ccccc1. The van der Waals surface area contributed by atoms with Crippen LogP contribution in [-0.4, -0.2) is 20.2 Å². The molecule has 0 fully saturated rings. The molecule has 1 N–H and O–H groups in total. The van der Waals surface area contributed by atoms with Gasteiger partial charge in [0.1, 0.15) is 6.33 Å². The summed E-state index contributed by atoms with van der Waals surface area (Å²) in [4.78, 5) is 0. The van der Waals surface area contributed by atoms with E-state index in [1.165, 1.54) is 5.56 Å². The molecule has 1 heterocycles. The second-order valence-corrected chi connectivity index (χ2v) is 4.66. The molecular formula is C14H12ClN5. The Kier molecular flexibility index (Phi) is 3.60. The first-order valence-electron chi connectivity index (χ1n) is 6.13. The average Bonchev–Trinajstić information content (AvgIpc) is 3.02. The van der Waals surface area contributed by atoms with Crippen molar-refractivity contribution in [3.63, 3.8) is 0 Å². The van der Waals surface area contributed by atoms with Crippen molar-refractivity contribution >= 4 is 17.3 Å². The van der Waals surface area contributed by atoms with Crippen LogP contribution in [0, 0.1) is 0 Å². The number of nitrogens with one attached hydrogen (secondary N) is 1. The van der Waals surface area contributed by atoms with Gasteiger partial charge in [-0.25, -0.2) is 4.68 Å². The Balaban J connectivity index is 1.80. The summed E-state index contributed by atoms with van der Waals surface area (Å²) in [5.41, 5.74) is 2.90. The molecule has 0 unspecified atom stereocenters.